The molecule has 15 heteroatoms. The number of aromatic nitrogens is 6. The van der Waals surface area contributed by atoms with Crippen LogP contribution in [0.2, 0.25) is 0 Å². The number of ether oxygens (including phenoxy) is 1. The number of hydrogen-bond donors (Lipinski definition) is 4. The lowest BCUT2D eigenvalue weighted by Gasteiger charge is -2.11. The van der Waals surface area contributed by atoms with Crippen molar-refractivity contribution < 1.29 is 18.7 Å². The molecule has 1 amide bonds. The van der Waals surface area contributed by atoms with Crippen molar-refractivity contribution in [2.24, 2.45) is 5.11 Å². The molecule has 4 heterocycles. The van der Waals surface area contributed by atoms with Gasteiger partial charge in [0.25, 0.3) is 0 Å². The van der Waals surface area contributed by atoms with Gasteiger partial charge in [-0.1, -0.05) is 31.4 Å². The Bertz CT molecular complexity index is 2310. The molecule has 6 rings (SSSR count). The number of anilines is 1. The number of nitrogens with zero attached hydrogens (tertiary/aromatic N) is 7. The summed E-state index contributed by atoms with van der Waals surface area (Å²) in [4.78, 5) is 49.1. The normalized spacial score (nSPS) is 11.2. The second kappa shape index (κ2) is 19.3. The van der Waals surface area contributed by atoms with Crippen LogP contribution in [-0.4, -0.2) is 54.5 Å². The van der Waals surface area contributed by atoms with Gasteiger partial charge in [0, 0.05) is 60.8 Å². The number of hydrogen-bond acceptors (Lipinski definition) is 10. The van der Waals surface area contributed by atoms with Crippen LogP contribution in [0, 0.1) is 11.3 Å². The zero-order valence-corrected chi connectivity index (χ0v) is 31.7. The molecular formula is C41H47FN11O3+. The number of fused-ring (bicyclic) bond motifs is 2. The zero-order valence-electron chi connectivity index (χ0n) is 31.7. The van der Waals surface area contributed by atoms with Crippen molar-refractivity contribution >= 4 is 45.4 Å². The average molecular weight is 761 g/mol. The summed E-state index contributed by atoms with van der Waals surface area (Å²) in [6, 6.07) is 14.6. The monoisotopic (exact) mass is 760 g/mol. The molecule has 0 saturated heterocycles. The van der Waals surface area contributed by atoms with E-state index < -0.39 is 5.82 Å². The maximum atomic E-state index is 14.0. The fraction of sp³-hybridized carbons (Fsp3) is 0.366. The number of halogens is 1. The molecule has 0 aliphatic heterocycles. The van der Waals surface area contributed by atoms with E-state index in [0.29, 0.717) is 72.2 Å². The smallest absolute Gasteiger partial charge is 0.311 e. The molecular weight excluding hydrogens is 714 g/mol. The molecule has 2 aromatic carbocycles. The van der Waals surface area contributed by atoms with Gasteiger partial charge in [-0.3, -0.25) is 14.6 Å². The Morgan fingerprint density at radius 3 is 2.59 bits per heavy atom. The highest BCUT2D eigenvalue weighted by molar-refractivity contribution is 5.87. The second-order valence-electron chi connectivity index (χ2n) is 14.0. The van der Waals surface area contributed by atoms with E-state index in [2.05, 4.69) is 35.6 Å². The van der Waals surface area contributed by atoms with Crippen LogP contribution in [0.15, 0.2) is 78.6 Å². The van der Waals surface area contributed by atoms with Gasteiger partial charge in [0.05, 0.1) is 12.5 Å². The second-order valence-corrected chi connectivity index (χ2v) is 14.0. The van der Waals surface area contributed by atoms with E-state index >= 15 is 0 Å². The summed E-state index contributed by atoms with van der Waals surface area (Å²) < 4.78 is 21.7. The molecule has 0 spiro atoms. The van der Waals surface area contributed by atoms with Crippen LogP contribution in [0.1, 0.15) is 82.4 Å². The molecule has 6 aromatic rings. The average Bonchev–Trinajstić information content (AvgIpc) is 3.81. The van der Waals surface area contributed by atoms with Crippen molar-refractivity contribution in [3.05, 3.63) is 90.4 Å². The van der Waals surface area contributed by atoms with Crippen LogP contribution in [0.3, 0.4) is 0 Å². The van der Waals surface area contributed by atoms with Crippen LogP contribution in [0.25, 0.3) is 33.5 Å². The van der Waals surface area contributed by atoms with Gasteiger partial charge in [-0.05, 0) is 93.5 Å². The van der Waals surface area contributed by atoms with Crippen molar-refractivity contribution in [1.82, 2.24) is 39.7 Å². The van der Waals surface area contributed by atoms with E-state index in [4.69, 9.17) is 20.2 Å². The van der Waals surface area contributed by atoms with Crippen LogP contribution < -0.4 is 20.3 Å². The molecule has 0 aliphatic carbocycles. The van der Waals surface area contributed by atoms with Gasteiger partial charge in [0.15, 0.2) is 28.1 Å². The number of aromatic amines is 1. The van der Waals surface area contributed by atoms with Crippen LogP contribution >= 0.6 is 0 Å². The molecule has 0 saturated carbocycles. The number of imidazole rings is 1. The molecule has 290 valence electrons. The van der Waals surface area contributed by atoms with Crippen molar-refractivity contribution in [2.75, 3.05) is 18.4 Å². The van der Waals surface area contributed by atoms with Gasteiger partial charge >= 0.3 is 5.97 Å². The highest BCUT2D eigenvalue weighted by atomic mass is 19.1. The number of rotatable bonds is 20. The van der Waals surface area contributed by atoms with E-state index in [9.17, 15) is 14.0 Å². The summed E-state index contributed by atoms with van der Waals surface area (Å²) in [6.07, 6.45) is 13.9. The molecule has 0 fully saturated rings. The fourth-order valence-electron chi connectivity index (χ4n) is 6.49. The van der Waals surface area contributed by atoms with Crippen LogP contribution in [-0.2, 0) is 22.4 Å². The first-order valence-corrected chi connectivity index (χ1v) is 19.1. The highest BCUT2D eigenvalue weighted by Gasteiger charge is 2.17. The molecule has 0 bridgehead atoms. The first kappa shape index (κ1) is 39.4. The Balaban J connectivity index is 0.909. The number of H-pyrrole nitrogens is 1. The quantitative estimate of drug-likeness (QED) is 0.0196. The van der Waals surface area contributed by atoms with Gasteiger partial charge in [-0.2, -0.15) is 0 Å². The summed E-state index contributed by atoms with van der Waals surface area (Å²) >= 11 is 0. The lowest BCUT2D eigenvalue weighted by molar-refractivity contribution is -0.134. The van der Waals surface area contributed by atoms with E-state index in [1.165, 1.54) is 12.3 Å². The number of amides is 1. The fourth-order valence-corrected chi connectivity index (χ4v) is 6.49. The largest absolute Gasteiger partial charge is 0.427 e. The van der Waals surface area contributed by atoms with Crippen molar-refractivity contribution in [3.63, 3.8) is 0 Å². The van der Waals surface area contributed by atoms with Crippen LogP contribution in [0.5, 0.6) is 5.75 Å². The van der Waals surface area contributed by atoms with Gasteiger partial charge in [0.1, 0.15) is 22.6 Å². The predicted octanol–water partition coefficient (Wildman–Crippen LogP) is 8.31. The summed E-state index contributed by atoms with van der Waals surface area (Å²) in [6.45, 7) is 5.27. The lowest BCUT2D eigenvalue weighted by Crippen LogP contribution is -2.24. The van der Waals surface area contributed by atoms with E-state index in [1.807, 2.05) is 61.0 Å². The molecule has 0 atom stereocenters. The number of carbonyl (C=O) groups is 2. The zero-order chi connectivity index (χ0) is 39.3. The van der Waals surface area contributed by atoms with Crippen molar-refractivity contribution in [2.45, 2.75) is 84.1 Å². The third-order valence-corrected chi connectivity index (χ3v) is 9.45. The Hall–Kier alpha value is -6.34. The summed E-state index contributed by atoms with van der Waals surface area (Å²) in [7, 11) is 0. The number of carbonyl (C=O) groups excluding carboxylic acids is 2. The Kier molecular flexibility index (Phi) is 13.6. The minimum absolute atomic E-state index is 0.0584. The number of nitrogens with one attached hydrogen (secondary N) is 4. The molecule has 0 aliphatic rings. The Morgan fingerprint density at radius 2 is 1.79 bits per heavy atom. The molecule has 4 aromatic heterocycles. The highest BCUT2D eigenvalue weighted by Crippen LogP contribution is 2.28. The van der Waals surface area contributed by atoms with Crippen LogP contribution in [0.4, 0.5) is 15.9 Å². The third kappa shape index (κ3) is 10.7. The maximum Gasteiger partial charge on any atom is 0.311 e. The number of esters is 1. The lowest BCUT2D eigenvalue weighted by atomic mass is 10.1. The third-order valence-electron chi connectivity index (χ3n) is 9.45. The van der Waals surface area contributed by atoms with Gasteiger partial charge in [-0.25, -0.2) is 19.3 Å². The molecule has 0 unspecified atom stereocenters. The summed E-state index contributed by atoms with van der Waals surface area (Å²) in [5.74, 6) is 0.737. The van der Waals surface area contributed by atoms with E-state index in [0.717, 1.165) is 73.2 Å². The molecule has 0 radical (unpaired) electrons. The number of aryl methyl sites for hydroxylation is 1. The van der Waals surface area contributed by atoms with Gasteiger partial charge in [-0.15, -0.1) is 0 Å². The minimum Gasteiger partial charge on any atom is -0.427 e. The Morgan fingerprint density at radius 1 is 0.964 bits per heavy atom. The molecule has 56 heavy (non-hydrogen) atoms. The van der Waals surface area contributed by atoms with E-state index in [1.54, 1.807) is 12.4 Å². The molecule has 4 N–H and O–H groups in total. The first-order valence-electron chi connectivity index (χ1n) is 19.1. The minimum atomic E-state index is -0.465. The van der Waals surface area contributed by atoms with E-state index in [-0.39, 0.29) is 17.9 Å². The number of pyridine rings is 1. The SMILES string of the molecule is CC(C)n1cnc2c(NCCc3c[nH]c4ccc(OC(=O)CCCCCCCNC(=O)CCCc5ccc(N=[N+]=N)cc5)cc34)nc(-c3cncc(F)c3)nc21. The molecule has 14 nitrogen and oxygen atoms in total. The van der Waals surface area contributed by atoms with Crippen molar-refractivity contribution in [3.8, 4) is 17.1 Å². The summed E-state index contributed by atoms with van der Waals surface area (Å²) in [5, 5.41) is 11.1. The standard InChI is InChI=1S/C41H46FN11O3/c1-27(2)53-26-48-38-40(49-39(50-41(38)53)30-21-31(42)25-44-23-30)46-20-18-29-24-47-35-17-16-33(22-34(29)35)56-37(55)11-6-4-3-5-7-19-45-36(54)10-8-9-28-12-14-32(15-13-28)51-52-43/h12-17,21-27,43,47H,3-11,18-20H2,1-2H3,(H-,45,46,49,50,54)/p+1. The number of unbranched alkanes of at least 4 members (excludes halogenated alkanes) is 4. The topological polar surface area (TPSA) is 190 Å². The van der Waals surface area contributed by atoms with Gasteiger partial charge in [0.2, 0.25) is 10.8 Å². The number of benzene rings is 2. The first-order chi connectivity index (χ1) is 27.3. The van der Waals surface area contributed by atoms with Gasteiger partial charge < -0.3 is 24.9 Å². The summed E-state index contributed by atoms with van der Waals surface area (Å²) in [5.41, 5.74) is 12.3. The van der Waals surface area contributed by atoms with Crippen molar-refractivity contribution in [1.29, 1.82) is 5.53 Å². The maximum absolute atomic E-state index is 14.0. The predicted molar refractivity (Wildman–Crippen MR) is 212 cm³/mol. The Labute approximate surface area is 324 Å².